The van der Waals surface area contributed by atoms with Crippen molar-refractivity contribution in [2.45, 2.75) is 40.0 Å². The van der Waals surface area contributed by atoms with Crippen LogP contribution >= 0.6 is 11.6 Å². The quantitative estimate of drug-likeness (QED) is 0.651. The van der Waals surface area contributed by atoms with Gasteiger partial charge >= 0.3 is 0 Å². The maximum Gasteiger partial charge on any atom is 0.0292 e. The summed E-state index contributed by atoms with van der Waals surface area (Å²) in [5.41, 5.74) is 5.56. The highest BCUT2D eigenvalue weighted by Crippen LogP contribution is 2.28. The molecule has 1 aromatic carbocycles. The van der Waals surface area contributed by atoms with E-state index >= 15 is 0 Å². The Morgan fingerprint density at radius 1 is 1.14 bits per heavy atom. The molecule has 0 aliphatic heterocycles. The van der Waals surface area contributed by atoms with Crippen molar-refractivity contribution < 1.29 is 0 Å². The molecule has 1 rings (SSSR count). The van der Waals surface area contributed by atoms with E-state index in [-0.39, 0.29) is 0 Å². The second-order valence-corrected chi connectivity index (χ2v) is 4.38. The zero-order valence-electron chi connectivity index (χ0n) is 9.52. The number of alkyl halides is 1. The van der Waals surface area contributed by atoms with E-state index in [0.717, 1.165) is 12.3 Å². The van der Waals surface area contributed by atoms with Crippen LogP contribution < -0.4 is 0 Å². The highest BCUT2D eigenvalue weighted by atomic mass is 35.5. The number of halogens is 1. The summed E-state index contributed by atoms with van der Waals surface area (Å²) in [6.45, 7) is 8.71. The minimum absolute atomic E-state index is 0.511. The van der Waals surface area contributed by atoms with Gasteiger partial charge in [0.05, 0.1) is 0 Å². The summed E-state index contributed by atoms with van der Waals surface area (Å²) in [5.74, 6) is 1.23. The summed E-state index contributed by atoms with van der Waals surface area (Å²) in [4.78, 5) is 0. The van der Waals surface area contributed by atoms with Gasteiger partial charge in [-0.2, -0.15) is 0 Å². The molecular weight excluding hydrogens is 192 g/mol. The lowest BCUT2D eigenvalue weighted by atomic mass is 9.89. The van der Waals surface area contributed by atoms with Crippen LogP contribution in [-0.4, -0.2) is 5.88 Å². The minimum Gasteiger partial charge on any atom is -0.126 e. The summed E-state index contributed by atoms with van der Waals surface area (Å²) in [7, 11) is 0. The molecule has 0 aliphatic carbocycles. The molecule has 0 radical (unpaired) electrons. The number of aryl methyl sites for hydroxylation is 3. The SMILES string of the molecule is CCC(CCl)c1c(C)cc(C)cc1C. The summed E-state index contributed by atoms with van der Waals surface area (Å²) in [6, 6.07) is 4.50. The largest absolute Gasteiger partial charge is 0.126 e. The van der Waals surface area contributed by atoms with Crippen LogP contribution in [0.3, 0.4) is 0 Å². The first-order valence-electron chi connectivity index (χ1n) is 5.23. The smallest absolute Gasteiger partial charge is 0.0292 e. The van der Waals surface area contributed by atoms with Gasteiger partial charge in [0.1, 0.15) is 0 Å². The van der Waals surface area contributed by atoms with E-state index in [2.05, 4.69) is 39.8 Å². The molecule has 1 aromatic rings. The van der Waals surface area contributed by atoms with E-state index < -0.39 is 0 Å². The van der Waals surface area contributed by atoms with Crippen molar-refractivity contribution in [2.24, 2.45) is 0 Å². The third-order valence-electron chi connectivity index (χ3n) is 2.83. The van der Waals surface area contributed by atoms with Gasteiger partial charge in [-0.15, -0.1) is 11.6 Å². The average molecular weight is 211 g/mol. The van der Waals surface area contributed by atoms with E-state index in [1.54, 1.807) is 0 Å². The minimum atomic E-state index is 0.511. The zero-order chi connectivity index (χ0) is 10.7. The number of hydrogen-bond acceptors (Lipinski definition) is 0. The molecule has 0 nitrogen and oxygen atoms in total. The Labute approximate surface area is 92.3 Å². The van der Waals surface area contributed by atoms with Gasteiger partial charge in [-0.1, -0.05) is 24.6 Å². The van der Waals surface area contributed by atoms with Gasteiger partial charge < -0.3 is 0 Å². The molecule has 1 atom stereocenters. The van der Waals surface area contributed by atoms with Crippen molar-refractivity contribution >= 4 is 11.6 Å². The first-order valence-corrected chi connectivity index (χ1v) is 5.77. The molecule has 0 aromatic heterocycles. The summed E-state index contributed by atoms with van der Waals surface area (Å²) in [6.07, 6.45) is 1.12. The molecule has 0 spiro atoms. The van der Waals surface area contributed by atoms with Gasteiger partial charge in [0, 0.05) is 5.88 Å². The van der Waals surface area contributed by atoms with Crippen molar-refractivity contribution in [2.75, 3.05) is 5.88 Å². The van der Waals surface area contributed by atoms with Gasteiger partial charge in [-0.05, 0) is 49.8 Å². The van der Waals surface area contributed by atoms with Crippen LogP contribution in [0.15, 0.2) is 12.1 Å². The van der Waals surface area contributed by atoms with Crippen molar-refractivity contribution in [1.82, 2.24) is 0 Å². The van der Waals surface area contributed by atoms with Gasteiger partial charge in [-0.25, -0.2) is 0 Å². The number of benzene rings is 1. The predicted octanol–water partition coefficient (Wildman–Crippen LogP) is 4.34. The summed E-state index contributed by atoms with van der Waals surface area (Å²) < 4.78 is 0. The van der Waals surface area contributed by atoms with E-state index in [0.29, 0.717) is 5.92 Å². The normalized spacial score (nSPS) is 12.9. The van der Waals surface area contributed by atoms with Crippen LogP contribution in [0.1, 0.15) is 41.5 Å². The van der Waals surface area contributed by atoms with Crippen molar-refractivity contribution in [3.8, 4) is 0 Å². The Kier molecular flexibility index (Phi) is 4.00. The van der Waals surface area contributed by atoms with Gasteiger partial charge in [0.15, 0.2) is 0 Å². The Hall–Kier alpha value is -0.490. The molecule has 78 valence electrons. The molecule has 0 saturated heterocycles. The second kappa shape index (κ2) is 4.84. The topological polar surface area (TPSA) is 0 Å². The lowest BCUT2D eigenvalue weighted by Crippen LogP contribution is -2.04. The lowest BCUT2D eigenvalue weighted by Gasteiger charge is -2.18. The Balaban J connectivity index is 3.19. The van der Waals surface area contributed by atoms with E-state index in [1.807, 2.05) is 0 Å². The molecule has 0 heterocycles. The summed E-state index contributed by atoms with van der Waals surface area (Å²) >= 11 is 5.99. The molecule has 1 unspecified atom stereocenters. The maximum absolute atomic E-state index is 5.99. The Morgan fingerprint density at radius 3 is 2.00 bits per heavy atom. The zero-order valence-corrected chi connectivity index (χ0v) is 10.3. The van der Waals surface area contributed by atoms with Crippen LogP contribution in [0.4, 0.5) is 0 Å². The fraction of sp³-hybridized carbons (Fsp3) is 0.538. The molecule has 0 fully saturated rings. The third kappa shape index (κ3) is 2.30. The molecular formula is C13H19Cl. The van der Waals surface area contributed by atoms with Crippen LogP contribution in [0.2, 0.25) is 0 Å². The summed E-state index contributed by atoms with van der Waals surface area (Å²) in [5, 5.41) is 0. The van der Waals surface area contributed by atoms with E-state index in [4.69, 9.17) is 11.6 Å². The Bertz CT molecular complexity index is 288. The van der Waals surface area contributed by atoms with Crippen LogP contribution in [0.5, 0.6) is 0 Å². The fourth-order valence-electron chi connectivity index (χ4n) is 2.23. The molecule has 0 bridgehead atoms. The number of rotatable bonds is 3. The van der Waals surface area contributed by atoms with Crippen molar-refractivity contribution in [1.29, 1.82) is 0 Å². The van der Waals surface area contributed by atoms with Crippen molar-refractivity contribution in [3.63, 3.8) is 0 Å². The molecule has 14 heavy (non-hydrogen) atoms. The molecule has 1 heteroatoms. The highest BCUT2D eigenvalue weighted by molar-refractivity contribution is 6.18. The van der Waals surface area contributed by atoms with Crippen molar-refractivity contribution in [3.05, 3.63) is 34.4 Å². The molecule has 0 N–H and O–H groups in total. The maximum atomic E-state index is 5.99. The average Bonchev–Trinajstić information content (AvgIpc) is 2.10. The second-order valence-electron chi connectivity index (χ2n) is 4.07. The standard InChI is InChI=1S/C13H19Cl/c1-5-12(8-14)13-10(3)6-9(2)7-11(13)4/h6-7,12H,5,8H2,1-4H3. The number of hydrogen-bond donors (Lipinski definition) is 0. The van der Waals surface area contributed by atoms with E-state index in [1.165, 1.54) is 22.3 Å². The molecule has 0 saturated carbocycles. The van der Waals surface area contributed by atoms with Crippen LogP contribution in [0.25, 0.3) is 0 Å². The van der Waals surface area contributed by atoms with E-state index in [9.17, 15) is 0 Å². The molecule has 0 amide bonds. The van der Waals surface area contributed by atoms with Crippen LogP contribution in [-0.2, 0) is 0 Å². The van der Waals surface area contributed by atoms with Crippen LogP contribution in [0, 0.1) is 20.8 Å². The van der Waals surface area contributed by atoms with Gasteiger partial charge in [-0.3, -0.25) is 0 Å². The fourth-order valence-corrected chi connectivity index (χ4v) is 2.60. The first-order chi connectivity index (χ1) is 6.60. The predicted molar refractivity (Wildman–Crippen MR) is 64.4 cm³/mol. The third-order valence-corrected chi connectivity index (χ3v) is 3.20. The van der Waals surface area contributed by atoms with Gasteiger partial charge in [0.25, 0.3) is 0 Å². The first kappa shape index (κ1) is 11.6. The highest BCUT2D eigenvalue weighted by Gasteiger charge is 2.13. The lowest BCUT2D eigenvalue weighted by molar-refractivity contribution is 0.729. The monoisotopic (exact) mass is 210 g/mol. The van der Waals surface area contributed by atoms with Gasteiger partial charge in [0.2, 0.25) is 0 Å². The molecule has 0 aliphatic rings. The Morgan fingerprint density at radius 2 is 1.64 bits per heavy atom.